The Labute approximate surface area is 184 Å². The lowest BCUT2D eigenvalue weighted by Crippen LogP contribution is -2.34. The van der Waals surface area contributed by atoms with Crippen LogP contribution in [0.3, 0.4) is 0 Å². The van der Waals surface area contributed by atoms with E-state index in [9.17, 15) is 18.0 Å². The topological polar surface area (TPSA) is 92.8 Å². The van der Waals surface area contributed by atoms with Gasteiger partial charge in [0.15, 0.2) is 0 Å². The van der Waals surface area contributed by atoms with Crippen LogP contribution in [0, 0.1) is 0 Å². The number of rotatable bonds is 6. The molecule has 0 fully saturated rings. The summed E-state index contributed by atoms with van der Waals surface area (Å²) in [6.07, 6.45) is 0. The fraction of sp³-hybridized carbons (Fsp3) is 0.0909. The highest BCUT2D eigenvalue weighted by Crippen LogP contribution is 2.30. The van der Waals surface area contributed by atoms with Gasteiger partial charge in [-0.3, -0.25) is 9.59 Å². The van der Waals surface area contributed by atoms with Gasteiger partial charge in [0.25, 0.3) is 21.8 Å². The van der Waals surface area contributed by atoms with Crippen LogP contribution in [0.5, 0.6) is 5.75 Å². The van der Waals surface area contributed by atoms with E-state index in [2.05, 4.69) is 5.32 Å². The van der Waals surface area contributed by atoms with Crippen molar-refractivity contribution in [1.82, 2.24) is 4.31 Å². The number of hydrogen-bond donors (Lipinski definition) is 1. The monoisotopic (exact) mass is 456 g/mol. The molecular formula is C22H17ClN2O5S. The molecule has 1 aliphatic rings. The molecule has 158 valence electrons. The van der Waals surface area contributed by atoms with E-state index in [-0.39, 0.29) is 34.9 Å². The smallest absolute Gasteiger partial charge is 0.269 e. The molecule has 3 aromatic carbocycles. The number of nitrogens with one attached hydrogen (secondary N) is 1. The number of para-hydroxylation sites is 1. The predicted octanol–water partition coefficient (Wildman–Crippen LogP) is 3.82. The standard InChI is InChI=1S/C22H17ClN2O5S/c23-15-10-11-19(18(14-15)21(26)24-16-6-2-1-3-7-16)30-13-12-25-22(27)17-8-4-5-9-20(17)31(25,28)29/h1-11,14H,12-13H2,(H,24,26). The summed E-state index contributed by atoms with van der Waals surface area (Å²) in [5, 5.41) is 3.10. The molecule has 31 heavy (non-hydrogen) atoms. The predicted molar refractivity (Wildman–Crippen MR) is 116 cm³/mol. The van der Waals surface area contributed by atoms with Gasteiger partial charge in [-0.25, -0.2) is 12.7 Å². The van der Waals surface area contributed by atoms with E-state index < -0.39 is 21.8 Å². The van der Waals surface area contributed by atoms with Gasteiger partial charge in [0.2, 0.25) is 0 Å². The summed E-state index contributed by atoms with van der Waals surface area (Å²) in [4.78, 5) is 25.2. The fourth-order valence-electron chi connectivity index (χ4n) is 3.22. The van der Waals surface area contributed by atoms with Crippen molar-refractivity contribution in [3.05, 3.63) is 88.9 Å². The Morgan fingerprint density at radius 2 is 1.71 bits per heavy atom. The fourth-order valence-corrected chi connectivity index (χ4v) is 4.94. The van der Waals surface area contributed by atoms with Crippen molar-refractivity contribution >= 4 is 39.1 Å². The van der Waals surface area contributed by atoms with Crippen molar-refractivity contribution in [1.29, 1.82) is 0 Å². The summed E-state index contributed by atoms with van der Waals surface area (Å²) < 4.78 is 31.7. The minimum Gasteiger partial charge on any atom is -0.491 e. The number of anilines is 1. The number of fused-ring (bicyclic) bond motifs is 1. The highest BCUT2D eigenvalue weighted by Gasteiger charge is 2.40. The first-order valence-corrected chi connectivity index (χ1v) is 11.1. The zero-order chi connectivity index (χ0) is 22.0. The number of nitrogens with zero attached hydrogens (tertiary/aromatic N) is 1. The third-order valence-corrected chi connectivity index (χ3v) is 6.76. The molecule has 4 rings (SSSR count). The lowest BCUT2D eigenvalue weighted by Gasteiger charge is -2.17. The molecule has 0 radical (unpaired) electrons. The molecule has 3 aromatic rings. The average molecular weight is 457 g/mol. The summed E-state index contributed by atoms with van der Waals surface area (Å²) in [6.45, 7) is -0.329. The van der Waals surface area contributed by atoms with Crippen molar-refractivity contribution in [3.8, 4) is 5.75 Å². The number of sulfonamides is 1. The van der Waals surface area contributed by atoms with E-state index in [0.29, 0.717) is 10.7 Å². The maximum absolute atomic E-state index is 12.7. The number of ether oxygens (including phenoxy) is 1. The minimum absolute atomic E-state index is 0.0191. The van der Waals surface area contributed by atoms with Crippen LogP contribution in [-0.2, 0) is 10.0 Å². The SMILES string of the molecule is O=C(Nc1ccccc1)c1cc(Cl)ccc1OCCN1C(=O)c2ccccc2S1(=O)=O. The molecule has 0 atom stereocenters. The Bertz CT molecular complexity index is 1260. The Morgan fingerprint density at radius 1 is 1.00 bits per heavy atom. The number of carbonyl (C=O) groups is 2. The van der Waals surface area contributed by atoms with Crippen LogP contribution in [0.1, 0.15) is 20.7 Å². The second-order valence-electron chi connectivity index (χ2n) is 6.69. The molecule has 7 nitrogen and oxygen atoms in total. The summed E-state index contributed by atoms with van der Waals surface area (Å²) >= 11 is 6.04. The first-order chi connectivity index (χ1) is 14.9. The Hall–Kier alpha value is -3.36. The van der Waals surface area contributed by atoms with Gasteiger partial charge in [0.1, 0.15) is 17.3 Å². The molecule has 0 saturated carbocycles. The van der Waals surface area contributed by atoms with Gasteiger partial charge >= 0.3 is 0 Å². The number of hydrogen-bond acceptors (Lipinski definition) is 5. The molecule has 1 heterocycles. The van der Waals surface area contributed by atoms with Gasteiger partial charge in [-0.1, -0.05) is 41.9 Å². The van der Waals surface area contributed by atoms with E-state index in [0.717, 1.165) is 4.31 Å². The van der Waals surface area contributed by atoms with Crippen LogP contribution < -0.4 is 10.1 Å². The molecule has 0 bridgehead atoms. The third-order valence-electron chi connectivity index (χ3n) is 4.68. The van der Waals surface area contributed by atoms with E-state index in [1.165, 1.54) is 24.3 Å². The minimum atomic E-state index is -3.92. The zero-order valence-corrected chi connectivity index (χ0v) is 17.7. The molecular weight excluding hydrogens is 440 g/mol. The number of carbonyl (C=O) groups excluding carboxylic acids is 2. The largest absolute Gasteiger partial charge is 0.491 e. The summed E-state index contributed by atoms with van der Waals surface area (Å²) in [6, 6.07) is 19.5. The first kappa shape index (κ1) is 20.9. The van der Waals surface area contributed by atoms with Crippen molar-refractivity contribution < 1.29 is 22.7 Å². The van der Waals surface area contributed by atoms with E-state index in [1.54, 1.807) is 42.5 Å². The zero-order valence-electron chi connectivity index (χ0n) is 16.1. The number of halogens is 1. The van der Waals surface area contributed by atoms with Gasteiger partial charge in [-0.05, 0) is 42.5 Å². The Kier molecular flexibility index (Phi) is 5.67. The highest BCUT2D eigenvalue weighted by molar-refractivity contribution is 7.90. The second kappa shape index (κ2) is 8.41. The average Bonchev–Trinajstić information content (AvgIpc) is 2.96. The van der Waals surface area contributed by atoms with Crippen LogP contribution >= 0.6 is 11.6 Å². The first-order valence-electron chi connectivity index (χ1n) is 9.33. The molecule has 0 aliphatic carbocycles. The van der Waals surface area contributed by atoms with Crippen molar-refractivity contribution in [2.24, 2.45) is 0 Å². The third kappa shape index (κ3) is 4.12. The van der Waals surface area contributed by atoms with E-state index in [1.807, 2.05) is 6.07 Å². The van der Waals surface area contributed by atoms with Crippen molar-refractivity contribution in [3.63, 3.8) is 0 Å². The normalized spacial score (nSPS) is 14.2. The van der Waals surface area contributed by atoms with Crippen LogP contribution in [0.15, 0.2) is 77.7 Å². The number of benzene rings is 3. The Morgan fingerprint density at radius 3 is 2.45 bits per heavy atom. The molecule has 2 amide bonds. The van der Waals surface area contributed by atoms with Crippen LogP contribution in [0.25, 0.3) is 0 Å². The molecule has 0 unspecified atom stereocenters. The van der Waals surface area contributed by atoms with Gasteiger partial charge < -0.3 is 10.1 Å². The van der Waals surface area contributed by atoms with Crippen molar-refractivity contribution in [2.45, 2.75) is 4.90 Å². The maximum Gasteiger partial charge on any atom is 0.269 e. The van der Waals surface area contributed by atoms with Crippen molar-refractivity contribution in [2.75, 3.05) is 18.5 Å². The van der Waals surface area contributed by atoms with Gasteiger partial charge in [0, 0.05) is 10.7 Å². The quantitative estimate of drug-likeness (QED) is 0.608. The van der Waals surface area contributed by atoms with Crippen LogP contribution in [0.4, 0.5) is 5.69 Å². The van der Waals surface area contributed by atoms with Gasteiger partial charge in [-0.15, -0.1) is 0 Å². The molecule has 0 spiro atoms. The highest BCUT2D eigenvalue weighted by atomic mass is 35.5. The summed E-state index contributed by atoms with van der Waals surface area (Å²) in [5.74, 6) is -0.808. The summed E-state index contributed by atoms with van der Waals surface area (Å²) in [7, 11) is -3.92. The molecule has 9 heteroatoms. The van der Waals surface area contributed by atoms with Gasteiger partial charge in [0.05, 0.1) is 17.7 Å². The van der Waals surface area contributed by atoms with Gasteiger partial charge in [-0.2, -0.15) is 0 Å². The second-order valence-corrected chi connectivity index (χ2v) is 8.95. The molecule has 1 N–H and O–H groups in total. The maximum atomic E-state index is 12.7. The molecule has 1 aliphatic heterocycles. The Balaban J connectivity index is 1.48. The lowest BCUT2D eigenvalue weighted by atomic mass is 10.2. The van der Waals surface area contributed by atoms with Crippen LogP contribution in [0.2, 0.25) is 5.02 Å². The lowest BCUT2D eigenvalue weighted by molar-refractivity contribution is 0.0855. The van der Waals surface area contributed by atoms with E-state index >= 15 is 0 Å². The van der Waals surface area contributed by atoms with Crippen LogP contribution in [-0.4, -0.2) is 37.7 Å². The number of amides is 2. The molecule has 0 saturated heterocycles. The van der Waals surface area contributed by atoms with E-state index in [4.69, 9.17) is 16.3 Å². The summed E-state index contributed by atoms with van der Waals surface area (Å²) in [5.41, 5.74) is 0.928. The molecule has 0 aromatic heterocycles.